The van der Waals surface area contributed by atoms with E-state index in [-0.39, 0.29) is 10.6 Å². The summed E-state index contributed by atoms with van der Waals surface area (Å²) in [7, 11) is 0. The van der Waals surface area contributed by atoms with Gasteiger partial charge in [-0.1, -0.05) is 19.4 Å². The zero-order valence-corrected chi connectivity index (χ0v) is 9.12. The molecule has 0 aliphatic heterocycles. The van der Waals surface area contributed by atoms with Crippen LogP contribution in [0.1, 0.15) is 25.3 Å². The molecule has 4 nitrogen and oxygen atoms in total. The van der Waals surface area contributed by atoms with Gasteiger partial charge in [0.15, 0.2) is 0 Å². The third kappa shape index (κ3) is 3.23. The standard InChI is InChI=1S/C11H16N2O2/c1-3-4-7-12-10-6-5-9(2)11(8-10)13(14)15/h5-6,8,12H,3-4,7H2,1-2H3. The molecule has 0 saturated heterocycles. The van der Waals surface area contributed by atoms with Crippen LogP contribution in [0.2, 0.25) is 0 Å². The topological polar surface area (TPSA) is 55.2 Å². The van der Waals surface area contributed by atoms with Crippen molar-refractivity contribution < 1.29 is 4.92 Å². The molecule has 0 spiro atoms. The number of anilines is 1. The highest BCUT2D eigenvalue weighted by atomic mass is 16.6. The monoisotopic (exact) mass is 208 g/mol. The van der Waals surface area contributed by atoms with Gasteiger partial charge in [0.1, 0.15) is 0 Å². The first kappa shape index (κ1) is 11.5. The van der Waals surface area contributed by atoms with Gasteiger partial charge in [-0.25, -0.2) is 0 Å². The predicted octanol–water partition coefficient (Wildman–Crippen LogP) is 3.12. The fourth-order valence-corrected chi connectivity index (χ4v) is 1.33. The summed E-state index contributed by atoms with van der Waals surface area (Å²) in [5.41, 5.74) is 1.69. The lowest BCUT2D eigenvalue weighted by Gasteiger charge is -2.05. The van der Waals surface area contributed by atoms with Gasteiger partial charge in [0.25, 0.3) is 5.69 Å². The first-order valence-corrected chi connectivity index (χ1v) is 5.14. The van der Waals surface area contributed by atoms with E-state index in [0.717, 1.165) is 25.1 Å². The van der Waals surface area contributed by atoms with E-state index in [0.29, 0.717) is 5.56 Å². The molecule has 0 aliphatic carbocycles. The lowest BCUT2D eigenvalue weighted by molar-refractivity contribution is -0.385. The van der Waals surface area contributed by atoms with Crippen LogP contribution in [0.5, 0.6) is 0 Å². The maximum Gasteiger partial charge on any atom is 0.274 e. The molecule has 0 aliphatic rings. The number of rotatable bonds is 5. The van der Waals surface area contributed by atoms with Crippen molar-refractivity contribution >= 4 is 11.4 Å². The van der Waals surface area contributed by atoms with Crippen molar-refractivity contribution in [3.63, 3.8) is 0 Å². The number of nitrogens with one attached hydrogen (secondary N) is 1. The van der Waals surface area contributed by atoms with Gasteiger partial charge in [0.05, 0.1) is 4.92 Å². The lowest BCUT2D eigenvalue weighted by atomic mass is 10.2. The van der Waals surface area contributed by atoms with Crippen LogP contribution in [0.3, 0.4) is 0 Å². The van der Waals surface area contributed by atoms with Crippen molar-refractivity contribution in [3.05, 3.63) is 33.9 Å². The first-order valence-electron chi connectivity index (χ1n) is 5.14. The third-order valence-corrected chi connectivity index (χ3v) is 2.27. The molecule has 0 amide bonds. The fourth-order valence-electron chi connectivity index (χ4n) is 1.33. The Morgan fingerprint density at radius 2 is 2.20 bits per heavy atom. The van der Waals surface area contributed by atoms with Crippen LogP contribution < -0.4 is 5.32 Å². The van der Waals surface area contributed by atoms with Gasteiger partial charge >= 0.3 is 0 Å². The predicted molar refractivity (Wildman–Crippen MR) is 61.2 cm³/mol. The van der Waals surface area contributed by atoms with Crippen molar-refractivity contribution in [2.75, 3.05) is 11.9 Å². The van der Waals surface area contributed by atoms with Gasteiger partial charge in [-0.2, -0.15) is 0 Å². The number of nitro groups is 1. The quantitative estimate of drug-likeness (QED) is 0.459. The number of benzene rings is 1. The first-order chi connectivity index (χ1) is 7.15. The molecule has 1 aromatic carbocycles. The van der Waals surface area contributed by atoms with Crippen molar-refractivity contribution in [1.29, 1.82) is 0 Å². The summed E-state index contributed by atoms with van der Waals surface area (Å²) in [4.78, 5) is 10.3. The Morgan fingerprint density at radius 3 is 2.80 bits per heavy atom. The minimum Gasteiger partial charge on any atom is -0.385 e. The zero-order chi connectivity index (χ0) is 11.3. The Morgan fingerprint density at radius 1 is 1.47 bits per heavy atom. The second-order valence-electron chi connectivity index (χ2n) is 3.54. The molecular formula is C11H16N2O2. The summed E-state index contributed by atoms with van der Waals surface area (Å²) >= 11 is 0. The summed E-state index contributed by atoms with van der Waals surface area (Å²) in [6.07, 6.45) is 2.18. The SMILES string of the molecule is CCCCNc1ccc(C)c([N+](=O)[O-])c1. The highest BCUT2D eigenvalue weighted by Crippen LogP contribution is 2.22. The molecule has 1 N–H and O–H groups in total. The molecule has 15 heavy (non-hydrogen) atoms. The van der Waals surface area contributed by atoms with E-state index in [2.05, 4.69) is 12.2 Å². The van der Waals surface area contributed by atoms with E-state index < -0.39 is 0 Å². The van der Waals surface area contributed by atoms with E-state index >= 15 is 0 Å². The number of nitro benzene ring substituents is 1. The Hall–Kier alpha value is -1.58. The summed E-state index contributed by atoms with van der Waals surface area (Å²) in [5.74, 6) is 0. The smallest absolute Gasteiger partial charge is 0.274 e. The molecule has 0 radical (unpaired) electrons. The summed E-state index contributed by atoms with van der Waals surface area (Å²) < 4.78 is 0. The minimum absolute atomic E-state index is 0.177. The normalized spacial score (nSPS) is 10.0. The molecule has 0 atom stereocenters. The second kappa shape index (κ2) is 5.34. The van der Waals surface area contributed by atoms with Gasteiger partial charge in [0.2, 0.25) is 0 Å². The van der Waals surface area contributed by atoms with Gasteiger partial charge in [-0.15, -0.1) is 0 Å². The van der Waals surface area contributed by atoms with Crippen LogP contribution >= 0.6 is 0 Å². The van der Waals surface area contributed by atoms with E-state index in [1.165, 1.54) is 0 Å². The fraction of sp³-hybridized carbons (Fsp3) is 0.455. The van der Waals surface area contributed by atoms with Gasteiger partial charge < -0.3 is 5.32 Å². The average Bonchev–Trinajstić information content (AvgIpc) is 2.20. The number of nitrogens with zero attached hydrogens (tertiary/aromatic N) is 1. The van der Waals surface area contributed by atoms with Crippen LogP contribution in [0.4, 0.5) is 11.4 Å². The third-order valence-electron chi connectivity index (χ3n) is 2.27. The molecule has 0 bridgehead atoms. The molecule has 82 valence electrons. The maximum absolute atomic E-state index is 10.7. The van der Waals surface area contributed by atoms with E-state index in [9.17, 15) is 10.1 Å². The molecular weight excluding hydrogens is 192 g/mol. The summed E-state index contributed by atoms with van der Waals surface area (Å²) in [5, 5.41) is 13.8. The van der Waals surface area contributed by atoms with E-state index in [1.54, 1.807) is 19.1 Å². The van der Waals surface area contributed by atoms with Crippen LogP contribution in [0.25, 0.3) is 0 Å². The Balaban J connectivity index is 2.74. The van der Waals surface area contributed by atoms with Crippen LogP contribution in [0.15, 0.2) is 18.2 Å². The Bertz CT molecular complexity index is 350. The van der Waals surface area contributed by atoms with Crippen LogP contribution in [0, 0.1) is 17.0 Å². The molecule has 0 heterocycles. The summed E-state index contributed by atoms with van der Waals surface area (Å²) in [6, 6.07) is 5.23. The molecule has 1 aromatic rings. The zero-order valence-electron chi connectivity index (χ0n) is 9.12. The van der Waals surface area contributed by atoms with Crippen molar-refractivity contribution in [2.45, 2.75) is 26.7 Å². The molecule has 0 saturated carbocycles. The number of hydrogen-bond donors (Lipinski definition) is 1. The summed E-state index contributed by atoms with van der Waals surface area (Å²) in [6.45, 7) is 4.71. The van der Waals surface area contributed by atoms with Crippen molar-refractivity contribution in [3.8, 4) is 0 Å². The second-order valence-corrected chi connectivity index (χ2v) is 3.54. The molecule has 4 heteroatoms. The number of unbranched alkanes of at least 4 members (excludes halogenated alkanes) is 1. The highest BCUT2D eigenvalue weighted by Gasteiger charge is 2.10. The van der Waals surface area contributed by atoms with Crippen molar-refractivity contribution in [2.24, 2.45) is 0 Å². The largest absolute Gasteiger partial charge is 0.385 e. The van der Waals surface area contributed by atoms with E-state index in [1.807, 2.05) is 6.07 Å². The minimum atomic E-state index is -0.347. The van der Waals surface area contributed by atoms with Gasteiger partial charge in [-0.3, -0.25) is 10.1 Å². The van der Waals surface area contributed by atoms with Crippen LogP contribution in [-0.4, -0.2) is 11.5 Å². The molecule has 0 fully saturated rings. The Kier molecular flexibility index (Phi) is 4.09. The molecule has 0 unspecified atom stereocenters. The lowest BCUT2D eigenvalue weighted by Crippen LogP contribution is -2.01. The number of aryl methyl sites for hydroxylation is 1. The van der Waals surface area contributed by atoms with Gasteiger partial charge in [-0.05, 0) is 19.4 Å². The molecule has 0 aromatic heterocycles. The number of hydrogen-bond acceptors (Lipinski definition) is 3. The van der Waals surface area contributed by atoms with E-state index in [4.69, 9.17) is 0 Å². The van der Waals surface area contributed by atoms with Gasteiger partial charge in [0, 0.05) is 23.9 Å². The Labute approximate surface area is 89.5 Å². The van der Waals surface area contributed by atoms with Crippen molar-refractivity contribution in [1.82, 2.24) is 0 Å². The highest BCUT2D eigenvalue weighted by molar-refractivity contribution is 5.54. The average molecular weight is 208 g/mol. The molecule has 1 rings (SSSR count). The van der Waals surface area contributed by atoms with Crippen LogP contribution in [-0.2, 0) is 0 Å². The maximum atomic E-state index is 10.7.